The van der Waals surface area contributed by atoms with Crippen LogP contribution in [-0.4, -0.2) is 14.6 Å². The third-order valence-electron chi connectivity index (χ3n) is 3.88. The molecule has 2 aromatic heterocycles. The van der Waals surface area contributed by atoms with Gasteiger partial charge < -0.3 is 0 Å². The molecule has 4 rings (SSSR count). The number of fused-ring (bicyclic) bond motifs is 3. The minimum Gasteiger partial charge on any atom is -0.281 e. The van der Waals surface area contributed by atoms with Gasteiger partial charge in [-0.15, -0.1) is 10.2 Å². The van der Waals surface area contributed by atoms with E-state index in [0.717, 1.165) is 33.1 Å². The highest BCUT2D eigenvalue weighted by Gasteiger charge is 2.30. The lowest BCUT2D eigenvalue weighted by atomic mass is 10.00. The molecule has 24 heavy (non-hydrogen) atoms. The molecular weight excluding hydrogens is 383 g/mol. The zero-order chi connectivity index (χ0) is 16.9. The maximum atomic E-state index is 12.8. The molecule has 0 aliphatic carbocycles. The highest BCUT2D eigenvalue weighted by Crippen LogP contribution is 2.34. The third-order valence-corrected chi connectivity index (χ3v) is 4.37. The molecule has 0 saturated carbocycles. The quantitative estimate of drug-likeness (QED) is 0.438. The van der Waals surface area contributed by atoms with E-state index in [-0.39, 0.29) is 0 Å². The number of alkyl halides is 3. The largest absolute Gasteiger partial charge is 0.416 e. The molecule has 2 aromatic carbocycles. The Balaban J connectivity index is 1.98. The minimum absolute atomic E-state index is 0.635. The molecule has 0 N–H and O–H groups in total. The second kappa shape index (κ2) is 5.31. The maximum Gasteiger partial charge on any atom is 0.416 e. The van der Waals surface area contributed by atoms with Gasteiger partial charge in [0, 0.05) is 9.86 Å². The summed E-state index contributed by atoms with van der Waals surface area (Å²) in [7, 11) is 0. The topological polar surface area (TPSA) is 30.2 Å². The average Bonchev–Trinajstić information content (AvgIpc) is 3.02. The van der Waals surface area contributed by atoms with Crippen molar-refractivity contribution >= 4 is 32.5 Å². The predicted molar refractivity (Wildman–Crippen MR) is 88.6 cm³/mol. The molecule has 7 heteroatoms. The molecule has 0 amide bonds. The summed E-state index contributed by atoms with van der Waals surface area (Å²) in [4.78, 5) is 0. The predicted octanol–water partition coefficient (Wildman–Crippen LogP) is 5.33. The van der Waals surface area contributed by atoms with Crippen molar-refractivity contribution in [2.75, 3.05) is 0 Å². The number of pyridine rings is 1. The molecule has 3 nitrogen and oxygen atoms in total. The van der Waals surface area contributed by atoms with Gasteiger partial charge in [-0.3, -0.25) is 4.40 Å². The van der Waals surface area contributed by atoms with Gasteiger partial charge in [-0.05, 0) is 41.5 Å². The summed E-state index contributed by atoms with van der Waals surface area (Å²) in [5.74, 6) is 0. The Hall–Kier alpha value is -2.41. The van der Waals surface area contributed by atoms with Gasteiger partial charge in [-0.2, -0.15) is 13.2 Å². The molecule has 0 saturated heterocycles. The first-order chi connectivity index (χ1) is 11.4. The second-order valence-electron chi connectivity index (χ2n) is 5.35. The molecule has 0 fully saturated rings. The van der Waals surface area contributed by atoms with Gasteiger partial charge in [0.1, 0.15) is 6.33 Å². The van der Waals surface area contributed by atoms with E-state index in [1.165, 1.54) is 12.1 Å². The number of benzene rings is 2. The molecule has 2 heterocycles. The van der Waals surface area contributed by atoms with Gasteiger partial charge in [0.25, 0.3) is 0 Å². The molecule has 0 unspecified atom stereocenters. The smallest absolute Gasteiger partial charge is 0.281 e. The Morgan fingerprint density at radius 1 is 0.958 bits per heavy atom. The van der Waals surface area contributed by atoms with Crippen LogP contribution in [0.4, 0.5) is 13.2 Å². The lowest BCUT2D eigenvalue weighted by Gasteiger charge is -2.11. The summed E-state index contributed by atoms with van der Waals surface area (Å²) in [5, 5.41) is 8.88. The number of aromatic nitrogens is 3. The van der Waals surface area contributed by atoms with Crippen LogP contribution in [0.15, 0.2) is 59.3 Å². The lowest BCUT2D eigenvalue weighted by molar-refractivity contribution is -0.137. The van der Waals surface area contributed by atoms with E-state index in [1.54, 1.807) is 6.33 Å². The van der Waals surface area contributed by atoms with Crippen LogP contribution in [0.25, 0.3) is 27.7 Å². The number of rotatable bonds is 1. The highest BCUT2D eigenvalue weighted by molar-refractivity contribution is 9.10. The number of hydrogen-bond donors (Lipinski definition) is 0. The van der Waals surface area contributed by atoms with Crippen molar-refractivity contribution in [1.29, 1.82) is 0 Å². The van der Waals surface area contributed by atoms with Gasteiger partial charge in [-0.25, -0.2) is 0 Å². The van der Waals surface area contributed by atoms with Crippen molar-refractivity contribution in [3.63, 3.8) is 0 Å². The molecule has 0 spiro atoms. The van der Waals surface area contributed by atoms with Crippen LogP contribution in [0.3, 0.4) is 0 Å². The fourth-order valence-corrected chi connectivity index (χ4v) is 3.09. The first-order valence-corrected chi connectivity index (χ1v) is 7.82. The van der Waals surface area contributed by atoms with Gasteiger partial charge >= 0.3 is 6.18 Å². The van der Waals surface area contributed by atoms with E-state index in [0.29, 0.717) is 11.2 Å². The van der Waals surface area contributed by atoms with E-state index < -0.39 is 11.7 Å². The van der Waals surface area contributed by atoms with Crippen LogP contribution in [0.1, 0.15) is 5.56 Å². The van der Waals surface area contributed by atoms with Crippen molar-refractivity contribution in [3.8, 4) is 11.1 Å². The fraction of sp³-hybridized carbons (Fsp3) is 0.0588. The standard InChI is InChI=1S/C17H9BrF3N3/c18-12-5-6-13-14(8-16-23-22-9-24(16)15(13)7-12)10-1-3-11(4-2-10)17(19,20)21/h1-9H. The van der Waals surface area contributed by atoms with Crippen LogP contribution in [-0.2, 0) is 6.18 Å². The summed E-state index contributed by atoms with van der Waals surface area (Å²) < 4.78 is 41.0. The summed E-state index contributed by atoms with van der Waals surface area (Å²) in [6.45, 7) is 0. The van der Waals surface area contributed by atoms with Gasteiger partial charge in [0.15, 0.2) is 5.65 Å². The Labute approximate surface area is 142 Å². The van der Waals surface area contributed by atoms with E-state index in [2.05, 4.69) is 26.1 Å². The summed E-state index contributed by atoms with van der Waals surface area (Å²) >= 11 is 3.44. The van der Waals surface area contributed by atoms with E-state index >= 15 is 0 Å². The fourth-order valence-electron chi connectivity index (χ4n) is 2.74. The lowest BCUT2D eigenvalue weighted by Crippen LogP contribution is -2.04. The van der Waals surface area contributed by atoms with Gasteiger partial charge in [0.2, 0.25) is 0 Å². The minimum atomic E-state index is -4.34. The van der Waals surface area contributed by atoms with Crippen molar-refractivity contribution in [1.82, 2.24) is 14.6 Å². The van der Waals surface area contributed by atoms with Crippen LogP contribution < -0.4 is 0 Å². The van der Waals surface area contributed by atoms with Crippen LogP contribution >= 0.6 is 15.9 Å². The van der Waals surface area contributed by atoms with Crippen molar-refractivity contribution in [2.45, 2.75) is 6.18 Å². The molecule has 0 aliphatic heterocycles. The van der Waals surface area contributed by atoms with Gasteiger partial charge in [-0.1, -0.05) is 34.1 Å². The van der Waals surface area contributed by atoms with Crippen molar-refractivity contribution in [2.24, 2.45) is 0 Å². The Bertz CT molecular complexity index is 1050. The van der Waals surface area contributed by atoms with Crippen molar-refractivity contribution in [3.05, 3.63) is 64.9 Å². The molecule has 0 atom stereocenters. The van der Waals surface area contributed by atoms with E-state index in [9.17, 15) is 13.2 Å². The van der Waals surface area contributed by atoms with E-state index in [1.807, 2.05) is 28.7 Å². The molecule has 120 valence electrons. The average molecular weight is 392 g/mol. The van der Waals surface area contributed by atoms with Crippen LogP contribution in [0.5, 0.6) is 0 Å². The summed E-state index contributed by atoms with van der Waals surface area (Å²) in [6, 6.07) is 12.7. The van der Waals surface area contributed by atoms with E-state index in [4.69, 9.17) is 0 Å². The number of halogens is 4. The monoisotopic (exact) mass is 391 g/mol. The SMILES string of the molecule is FC(F)(F)c1ccc(-c2cc3nncn3c3cc(Br)ccc23)cc1. The highest BCUT2D eigenvalue weighted by atomic mass is 79.9. The van der Waals surface area contributed by atoms with Gasteiger partial charge in [0.05, 0.1) is 11.1 Å². The Morgan fingerprint density at radius 3 is 2.42 bits per heavy atom. The Morgan fingerprint density at radius 2 is 1.71 bits per heavy atom. The molecule has 0 aliphatic rings. The third kappa shape index (κ3) is 2.45. The maximum absolute atomic E-state index is 12.8. The summed E-state index contributed by atoms with van der Waals surface area (Å²) in [6.07, 6.45) is -2.73. The summed E-state index contributed by atoms with van der Waals surface area (Å²) in [5.41, 5.74) is 2.35. The molecule has 0 bridgehead atoms. The van der Waals surface area contributed by atoms with Crippen LogP contribution in [0, 0.1) is 0 Å². The zero-order valence-electron chi connectivity index (χ0n) is 12.0. The van der Waals surface area contributed by atoms with Crippen LogP contribution in [0.2, 0.25) is 0 Å². The number of hydrogen-bond acceptors (Lipinski definition) is 2. The molecular formula is C17H9BrF3N3. The Kier molecular flexibility index (Phi) is 3.35. The molecule has 4 aromatic rings. The number of nitrogens with zero attached hydrogens (tertiary/aromatic N) is 3. The van der Waals surface area contributed by atoms with Crippen molar-refractivity contribution < 1.29 is 13.2 Å². The second-order valence-corrected chi connectivity index (χ2v) is 6.27. The normalized spacial score (nSPS) is 12.2. The zero-order valence-corrected chi connectivity index (χ0v) is 13.6. The first-order valence-electron chi connectivity index (χ1n) is 7.03. The first kappa shape index (κ1) is 15.1. The molecule has 0 radical (unpaired) electrons.